The molecule has 42 heavy (non-hydrogen) atoms. The van der Waals surface area contributed by atoms with Crippen LogP contribution in [-0.4, -0.2) is 33.4 Å². The van der Waals surface area contributed by atoms with Gasteiger partial charge in [0.25, 0.3) is 11.8 Å². The van der Waals surface area contributed by atoms with Crippen molar-refractivity contribution in [3.63, 3.8) is 0 Å². The van der Waals surface area contributed by atoms with Crippen molar-refractivity contribution < 1.29 is 18.4 Å². The van der Waals surface area contributed by atoms with E-state index >= 15 is 0 Å². The molecule has 0 radical (unpaired) electrons. The lowest BCUT2D eigenvalue weighted by atomic mass is 9.90. The maximum absolute atomic E-state index is 14.2. The third-order valence-electron chi connectivity index (χ3n) is 8.45. The Hall–Kier alpha value is -4.07. The Morgan fingerprint density at radius 2 is 1.81 bits per heavy atom. The van der Waals surface area contributed by atoms with Crippen molar-refractivity contribution in [2.75, 3.05) is 0 Å². The minimum Gasteiger partial charge on any atom is -0.348 e. The number of rotatable bonds is 9. The molecular weight excluding hydrogens is 536 g/mol. The van der Waals surface area contributed by atoms with E-state index in [2.05, 4.69) is 31.0 Å². The van der Waals surface area contributed by atoms with E-state index in [1.165, 1.54) is 17.8 Å². The minimum atomic E-state index is -0.782. The number of carbonyl (C=O) groups excluding carboxylic acids is 2. The highest BCUT2D eigenvalue weighted by Gasteiger charge is 2.40. The molecule has 2 aliphatic rings. The summed E-state index contributed by atoms with van der Waals surface area (Å²) < 4.78 is 29.3. The number of halogens is 2. The Morgan fingerprint density at radius 3 is 2.55 bits per heavy atom. The van der Waals surface area contributed by atoms with Crippen LogP contribution >= 0.6 is 0 Å². The number of aryl methyl sites for hydroxylation is 1. The third kappa shape index (κ3) is 5.94. The molecule has 220 valence electrons. The Morgan fingerprint density at radius 1 is 1.05 bits per heavy atom. The second-order valence-electron chi connectivity index (χ2n) is 11.5. The minimum absolute atomic E-state index is 0.0163. The standard InChI is InChI=1S/C34H37F2N3O3/c1-4-8-23-10-5-6-11-24(23)15-21(2)16-28-31-34(42)39-22(3)9-7-12-27(39)19-38(31)20-29(32(28)40)33(41)37-18-25-13-14-26(35)17-30(25)36/h5-6,10-11,13-14,17,20,22,27H,2,4,7-9,12,15-16,18-19H2,1,3H3,(H,37,41). The molecule has 2 aromatic carbocycles. The van der Waals surface area contributed by atoms with Crippen molar-refractivity contribution in [2.45, 2.75) is 84.0 Å². The van der Waals surface area contributed by atoms with Crippen LogP contribution in [-0.2, 0) is 32.4 Å². The van der Waals surface area contributed by atoms with Gasteiger partial charge < -0.3 is 14.8 Å². The molecule has 0 aliphatic carbocycles. The zero-order valence-corrected chi connectivity index (χ0v) is 24.2. The molecule has 2 aliphatic heterocycles. The lowest BCUT2D eigenvalue weighted by Gasteiger charge is -2.45. The second-order valence-corrected chi connectivity index (χ2v) is 11.5. The average Bonchev–Trinajstić information content (AvgIpc) is 2.95. The topological polar surface area (TPSA) is 71.4 Å². The second kappa shape index (κ2) is 12.4. The van der Waals surface area contributed by atoms with Crippen LogP contribution in [0.1, 0.15) is 82.6 Å². The first-order valence-electron chi connectivity index (χ1n) is 14.7. The molecule has 1 aromatic heterocycles. The summed E-state index contributed by atoms with van der Waals surface area (Å²) in [7, 11) is 0. The molecule has 8 heteroatoms. The van der Waals surface area contributed by atoms with Gasteiger partial charge in [-0.15, -0.1) is 0 Å². The van der Waals surface area contributed by atoms with Gasteiger partial charge in [-0.2, -0.15) is 0 Å². The number of hydrogen-bond donors (Lipinski definition) is 1. The van der Waals surface area contributed by atoms with Crippen molar-refractivity contribution in [3.8, 4) is 0 Å². The molecule has 0 bridgehead atoms. The van der Waals surface area contributed by atoms with Gasteiger partial charge in [-0.3, -0.25) is 14.4 Å². The number of pyridine rings is 1. The summed E-state index contributed by atoms with van der Waals surface area (Å²) in [6.07, 6.45) is 6.85. The van der Waals surface area contributed by atoms with Gasteiger partial charge in [0.1, 0.15) is 22.9 Å². The van der Waals surface area contributed by atoms with E-state index in [4.69, 9.17) is 0 Å². The molecule has 3 aromatic rings. The van der Waals surface area contributed by atoms with Gasteiger partial charge in [-0.25, -0.2) is 8.78 Å². The fraction of sp³-hybridized carbons (Fsp3) is 0.382. The average molecular weight is 574 g/mol. The molecule has 2 atom stereocenters. The normalized spacial score (nSPS) is 17.9. The maximum atomic E-state index is 14.2. The van der Waals surface area contributed by atoms with Crippen molar-refractivity contribution in [2.24, 2.45) is 0 Å². The molecule has 1 fully saturated rings. The summed E-state index contributed by atoms with van der Waals surface area (Å²) in [6, 6.07) is 11.3. The predicted molar refractivity (Wildman–Crippen MR) is 158 cm³/mol. The molecule has 5 rings (SSSR count). The van der Waals surface area contributed by atoms with Crippen LogP contribution in [0.25, 0.3) is 0 Å². The van der Waals surface area contributed by atoms with Crippen LogP contribution in [0.15, 0.2) is 65.6 Å². The Kier molecular flexibility index (Phi) is 8.71. The number of hydrogen-bond acceptors (Lipinski definition) is 3. The van der Waals surface area contributed by atoms with E-state index in [1.807, 2.05) is 24.0 Å². The van der Waals surface area contributed by atoms with Gasteiger partial charge in [0, 0.05) is 42.5 Å². The van der Waals surface area contributed by atoms with Crippen LogP contribution < -0.4 is 10.7 Å². The summed E-state index contributed by atoms with van der Waals surface area (Å²) >= 11 is 0. The molecule has 2 unspecified atom stereocenters. The number of amides is 2. The molecule has 1 N–H and O–H groups in total. The third-order valence-corrected chi connectivity index (χ3v) is 8.45. The fourth-order valence-corrected chi connectivity index (χ4v) is 6.39. The van der Waals surface area contributed by atoms with Crippen molar-refractivity contribution in [1.29, 1.82) is 0 Å². The Balaban J connectivity index is 1.50. The molecule has 0 spiro atoms. The van der Waals surface area contributed by atoms with Gasteiger partial charge in [0.2, 0.25) is 0 Å². The molecule has 1 saturated heterocycles. The number of benzene rings is 2. The van der Waals surface area contributed by atoms with E-state index in [0.29, 0.717) is 18.7 Å². The number of nitrogens with one attached hydrogen (secondary N) is 1. The number of nitrogens with zero attached hydrogens (tertiary/aromatic N) is 2. The predicted octanol–water partition coefficient (Wildman–Crippen LogP) is 5.75. The van der Waals surface area contributed by atoms with E-state index in [1.54, 1.807) is 4.57 Å². The maximum Gasteiger partial charge on any atom is 0.271 e. The van der Waals surface area contributed by atoms with Crippen LogP contribution in [0.3, 0.4) is 0 Å². The fourth-order valence-electron chi connectivity index (χ4n) is 6.39. The zero-order valence-electron chi connectivity index (χ0n) is 24.2. The first-order chi connectivity index (χ1) is 20.2. The smallest absolute Gasteiger partial charge is 0.271 e. The quantitative estimate of drug-likeness (QED) is 0.332. The van der Waals surface area contributed by atoms with E-state index in [0.717, 1.165) is 55.4 Å². The molecule has 3 heterocycles. The molecule has 0 saturated carbocycles. The SMILES string of the molecule is C=C(Cc1ccccc1CCC)Cc1c2n(cc(C(=O)NCc3ccc(F)cc3F)c1=O)CC1CCCC(C)N1C2=O. The van der Waals surface area contributed by atoms with Gasteiger partial charge in [0.15, 0.2) is 5.43 Å². The van der Waals surface area contributed by atoms with E-state index < -0.39 is 23.0 Å². The van der Waals surface area contributed by atoms with Crippen LogP contribution in [0.2, 0.25) is 0 Å². The van der Waals surface area contributed by atoms with Crippen LogP contribution in [0.5, 0.6) is 0 Å². The van der Waals surface area contributed by atoms with Crippen molar-refractivity contribution in [3.05, 3.63) is 116 Å². The summed E-state index contributed by atoms with van der Waals surface area (Å²) in [5.41, 5.74) is 3.16. The molecule has 6 nitrogen and oxygen atoms in total. The highest BCUT2D eigenvalue weighted by Crippen LogP contribution is 2.31. The van der Waals surface area contributed by atoms with Gasteiger partial charge in [-0.05, 0) is 62.6 Å². The summed E-state index contributed by atoms with van der Waals surface area (Å²) in [5, 5.41) is 2.61. The number of fused-ring (bicyclic) bond motifs is 2. The first kappa shape index (κ1) is 29.4. The van der Waals surface area contributed by atoms with E-state index in [9.17, 15) is 23.2 Å². The Labute approximate surface area is 245 Å². The number of piperidine rings is 1. The summed E-state index contributed by atoms with van der Waals surface area (Å²) in [4.78, 5) is 43.1. The van der Waals surface area contributed by atoms with E-state index in [-0.39, 0.29) is 47.6 Å². The van der Waals surface area contributed by atoms with Gasteiger partial charge in [-0.1, -0.05) is 55.8 Å². The van der Waals surface area contributed by atoms with Crippen molar-refractivity contribution in [1.82, 2.24) is 14.8 Å². The Bertz CT molecular complexity index is 1600. The monoisotopic (exact) mass is 573 g/mol. The zero-order chi connectivity index (χ0) is 30.0. The first-order valence-corrected chi connectivity index (χ1v) is 14.7. The van der Waals surface area contributed by atoms with Gasteiger partial charge >= 0.3 is 0 Å². The summed E-state index contributed by atoms with van der Waals surface area (Å²) in [6.45, 7) is 8.71. The van der Waals surface area contributed by atoms with Gasteiger partial charge in [0.05, 0.1) is 6.04 Å². The largest absolute Gasteiger partial charge is 0.348 e. The molecular formula is C34H37F2N3O3. The van der Waals surface area contributed by atoms with Crippen molar-refractivity contribution >= 4 is 11.8 Å². The number of allylic oxidation sites excluding steroid dienone is 1. The number of carbonyl (C=O) groups is 2. The molecule has 2 amide bonds. The van der Waals surface area contributed by atoms with Crippen LogP contribution in [0.4, 0.5) is 8.78 Å². The highest BCUT2D eigenvalue weighted by molar-refractivity contribution is 5.98. The number of aromatic nitrogens is 1. The summed E-state index contributed by atoms with van der Waals surface area (Å²) in [5.74, 6) is -2.36. The highest BCUT2D eigenvalue weighted by atomic mass is 19.1. The lowest BCUT2D eigenvalue weighted by Crippen LogP contribution is -2.55. The lowest BCUT2D eigenvalue weighted by molar-refractivity contribution is 0.0359. The van der Waals surface area contributed by atoms with Crippen LogP contribution in [0, 0.1) is 11.6 Å².